The first-order valence-corrected chi connectivity index (χ1v) is 9.49. The third-order valence-corrected chi connectivity index (χ3v) is 5.25. The zero-order valence-corrected chi connectivity index (χ0v) is 17.3. The minimum absolute atomic E-state index is 0.0199. The highest BCUT2D eigenvalue weighted by Crippen LogP contribution is 2.34. The number of non-ortho nitro benzene ring substituents is 1. The number of nitro groups is 1. The van der Waals surface area contributed by atoms with Crippen molar-refractivity contribution in [3.05, 3.63) is 73.2 Å². The molecule has 3 aromatic carbocycles. The number of fused-ring (bicyclic) bond motifs is 1. The first kappa shape index (κ1) is 19.3. The fourth-order valence-corrected chi connectivity index (χ4v) is 3.57. The number of benzene rings is 3. The van der Waals surface area contributed by atoms with Gasteiger partial charge in [-0.15, -0.1) is 0 Å². The SMILES string of the molecule is Cc1cc([N+](=O)[O-])ccc1NC(=O)COc1ccc2cc(Br)ccc2c1Br. The van der Waals surface area contributed by atoms with Crippen molar-refractivity contribution in [2.45, 2.75) is 6.92 Å². The first-order chi connectivity index (χ1) is 12.8. The molecule has 3 aromatic rings. The molecule has 0 bridgehead atoms. The van der Waals surface area contributed by atoms with E-state index < -0.39 is 4.92 Å². The van der Waals surface area contributed by atoms with Gasteiger partial charge in [0.25, 0.3) is 11.6 Å². The lowest BCUT2D eigenvalue weighted by Gasteiger charge is -2.12. The predicted molar refractivity (Wildman–Crippen MR) is 111 cm³/mol. The number of hydrogen-bond donors (Lipinski definition) is 1. The molecule has 0 heterocycles. The van der Waals surface area contributed by atoms with Crippen molar-refractivity contribution in [3.8, 4) is 5.75 Å². The molecule has 0 atom stereocenters. The highest BCUT2D eigenvalue weighted by molar-refractivity contribution is 9.11. The number of carbonyl (C=O) groups is 1. The topological polar surface area (TPSA) is 81.5 Å². The Hall–Kier alpha value is -2.45. The van der Waals surface area contributed by atoms with Crippen LogP contribution in [0.3, 0.4) is 0 Å². The normalized spacial score (nSPS) is 10.6. The van der Waals surface area contributed by atoms with Crippen LogP contribution in [0.4, 0.5) is 11.4 Å². The van der Waals surface area contributed by atoms with E-state index in [9.17, 15) is 14.9 Å². The number of hydrogen-bond acceptors (Lipinski definition) is 4. The predicted octanol–water partition coefficient (Wildman–Crippen LogP) is 5.60. The van der Waals surface area contributed by atoms with E-state index >= 15 is 0 Å². The fraction of sp³-hybridized carbons (Fsp3) is 0.105. The quantitative estimate of drug-likeness (QED) is 0.370. The Bertz CT molecular complexity index is 1050. The molecule has 138 valence electrons. The summed E-state index contributed by atoms with van der Waals surface area (Å²) in [6.45, 7) is 1.51. The number of amides is 1. The van der Waals surface area contributed by atoms with Crippen molar-refractivity contribution in [3.63, 3.8) is 0 Å². The van der Waals surface area contributed by atoms with E-state index in [2.05, 4.69) is 37.2 Å². The number of nitro benzene ring substituents is 1. The number of nitrogens with zero attached hydrogens (tertiary/aromatic N) is 1. The molecule has 0 radical (unpaired) electrons. The summed E-state index contributed by atoms with van der Waals surface area (Å²) in [4.78, 5) is 22.5. The highest BCUT2D eigenvalue weighted by Gasteiger charge is 2.12. The van der Waals surface area contributed by atoms with Gasteiger partial charge in [0.1, 0.15) is 5.75 Å². The van der Waals surface area contributed by atoms with Crippen LogP contribution in [0.15, 0.2) is 57.5 Å². The van der Waals surface area contributed by atoms with Crippen molar-refractivity contribution >= 4 is 59.9 Å². The van der Waals surface area contributed by atoms with Crippen LogP contribution >= 0.6 is 31.9 Å². The Kier molecular flexibility index (Phi) is 5.76. The molecular weight excluding hydrogens is 480 g/mol. The van der Waals surface area contributed by atoms with E-state index in [-0.39, 0.29) is 18.2 Å². The van der Waals surface area contributed by atoms with Gasteiger partial charge in [-0.05, 0) is 63.5 Å². The van der Waals surface area contributed by atoms with Gasteiger partial charge in [0, 0.05) is 22.3 Å². The van der Waals surface area contributed by atoms with E-state index in [0.717, 1.165) is 19.7 Å². The molecule has 0 aliphatic heterocycles. The molecule has 0 saturated heterocycles. The van der Waals surface area contributed by atoms with Crippen LogP contribution < -0.4 is 10.1 Å². The maximum atomic E-state index is 12.2. The second-order valence-corrected chi connectivity index (χ2v) is 7.54. The molecule has 8 heteroatoms. The molecule has 0 aromatic heterocycles. The van der Waals surface area contributed by atoms with Gasteiger partial charge in [-0.1, -0.05) is 28.1 Å². The molecule has 3 rings (SSSR count). The van der Waals surface area contributed by atoms with Crippen LogP contribution in [0.1, 0.15) is 5.56 Å². The van der Waals surface area contributed by atoms with E-state index in [1.807, 2.05) is 24.3 Å². The lowest BCUT2D eigenvalue weighted by Crippen LogP contribution is -2.20. The summed E-state index contributed by atoms with van der Waals surface area (Å²) >= 11 is 6.96. The Balaban J connectivity index is 1.69. The number of halogens is 2. The molecule has 1 amide bonds. The van der Waals surface area contributed by atoms with Gasteiger partial charge >= 0.3 is 0 Å². The Morgan fingerprint density at radius 3 is 2.63 bits per heavy atom. The van der Waals surface area contributed by atoms with Crippen LogP contribution in [0.2, 0.25) is 0 Å². The summed E-state index contributed by atoms with van der Waals surface area (Å²) in [5.41, 5.74) is 1.10. The third-order valence-electron chi connectivity index (χ3n) is 3.93. The Morgan fingerprint density at radius 1 is 1.15 bits per heavy atom. The molecule has 27 heavy (non-hydrogen) atoms. The maximum Gasteiger partial charge on any atom is 0.269 e. The summed E-state index contributed by atoms with van der Waals surface area (Å²) in [6.07, 6.45) is 0. The summed E-state index contributed by atoms with van der Waals surface area (Å²) in [6, 6.07) is 13.9. The van der Waals surface area contributed by atoms with Crippen molar-refractivity contribution in [1.29, 1.82) is 0 Å². The molecular formula is C19H14Br2N2O4. The van der Waals surface area contributed by atoms with E-state index in [0.29, 0.717) is 17.0 Å². The lowest BCUT2D eigenvalue weighted by atomic mass is 10.1. The van der Waals surface area contributed by atoms with Gasteiger partial charge in [-0.3, -0.25) is 14.9 Å². The van der Waals surface area contributed by atoms with Crippen LogP contribution in [0.25, 0.3) is 10.8 Å². The van der Waals surface area contributed by atoms with Crippen molar-refractivity contribution in [2.24, 2.45) is 0 Å². The average Bonchev–Trinajstić information content (AvgIpc) is 2.62. The van der Waals surface area contributed by atoms with Crippen LogP contribution in [-0.2, 0) is 4.79 Å². The van der Waals surface area contributed by atoms with Crippen LogP contribution in [0, 0.1) is 17.0 Å². The number of carbonyl (C=O) groups excluding carboxylic acids is 1. The summed E-state index contributed by atoms with van der Waals surface area (Å²) in [5.74, 6) is 0.204. The number of aryl methyl sites for hydroxylation is 1. The van der Waals surface area contributed by atoms with Gasteiger partial charge < -0.3 is 10.1 Å². The largest absolute Gasteiger partial charge is 0.483 e. The number of nitrogens with one attached hydrogen (secondary N) is 1. The molecule has 6 nitrogen and oxygen atoms in total. The van der Waals surface area contributed by atoms with E-state index in [1.54, 1.807) is 13.0 Å². The minimum Gasteiger partial charge on any atom is -0.483 e. The number of anilines is 1. The smallest absolute Gasteiger partial charge is 0.269 e. The molecule has 0 unspecified atom stereocenters. The highest BCUT2D eigenvalue weighted by atomic mass is 79.9. The third kappa shape index (κ3) is 4.45. The molecule has 0 spiro atoms. The molecule has 1 N–H and O–H groups in total. The van der Waals surface area contributed by atoms with Crippen LogP contribution in [-0.4, -0.2) is 17.4 Å². The van der Waals surface area contributed by atoms with Gasteiger partial charge in [0.2, 0.25) is 0 Å². The first-order valence-electron chi connectivity index (χ1n) is 7.90. The van der Waals surface area contributed by atoms with Crippen molar-refractivity contribution in [1.82, 2.24) is 0 Å². The summed E-state index contributed by atoms with van der Waals surface area (Å²) in [5, 5.41) is 15.5. The molecule has 0 fully saturated rings. The van der Waals surface area contributed by atoms with Crippen molar-refractivity contribution in [2.75, 3.05) is 11.9 Å². The lowest BCUT2D eigenvalue weighted by molar-refractivity contribution is -0.384. The maximum absolute atomic E-state index is 12.2. The van der Waals surface area contributed by atoms with Gasteiger partial charge in [0.15, 0.2) is 6.61 Å². The Labute approximate surface area is 171 Å². The zero-order chi connectivity index (χ0) is 19.6. The standard InChI is InChI=1S/C19H14Br2N2O4/c1-11-8-14(23(25)26)4-6-16(11)22-18(24)10-27-17-7-2-12-9-13(20)3-5-15(12)19(17)21/h2-9H,10H2,1H3,(H,22,24). The fourth-order valence-electron chi connectivity index (χ4n) is 2.59. The van der Waals surface area contributed by atoms with Gasteiger partial charge in [-0.2, -0.15) is 0 Å². The van der Waals surface area contributed by atoms with Gasteiger partial charge in [-0.25, -0.2) is 0 Å². The second-order valence-electron chi connectivity index (χ2n) is 5.84. The zero-order valence-electron chi connectivity index (χ0n) is 14.2. The van der Waals surface area contributed by atoms with Crippen molar-refractivity contribution < 1.29 is 14.5 Å². The average molecular weight is 494 g/mol. The second kappa shape index (κ2) is 8.06. The molecule has 0 saturated carbocycles. The monoisotopic (exact) mass is 492 g/mol. The van der Waals surface area contributed by atoms with E-state index in [4.69, 9.17) is 4.74 Å². The summed E-state index contributed by atoms with van der Waals surface area (Å²) in [7, 11) is 0. The number of rotatable bonds is 5. The molecule has 0 aliphatic rings. The van der Waals surface area contributed by atoms with Crippen LogP contribution in [0.5, 0.6) is 5.75 Å². The van der Waals surface area contributed by atoms with Gasteiger partial charge in [0.05, 0.1) is 9.40 Å². The Morgan fingerprint density at radius 2 is 1.93 bits per heavy atom. The summed E-state index contributed by atoms with van der Waals surface area (Å²) < 4.78 is 7.38. The molecule has 0 aliphatic carbocycles. The minimum atomic E-state index is -0.475. The number of ether oxygens (including phenoxy) is 1. The van der Waals surface area contributed by atoms with E-state index in [1.165, 1.54) is 18.2 Å².